The molecule has 19 heavy (non-hydrogen) atoms. The van der Waals surface area contributed by atoms with Crippen LogP contribution >= 0.6 is 0 Å². The van der Waals surface area contributed by atoms with E-state index in [1.165, 1.54) is 6.08 Å². The molecule has 0 amide bonds. The fourth-order valence-electron chi connectivity index (χ4n) is 1.50. The molecule has 2 aromatic carbocycles. The summed E-state index contributed by atoms with van der Waals surface area (Å²) in [6, 6.07) is 19.7. The number of esters is 1. The summed E-state index contributed by atoms with van der Waals surface area (Å²) in [5.41, 5.74) is 0.749. The quantitative estimate of drug-likeness (QED) is 0.363. The molecule has 2 aromatic rings. The summed E-state index contributed by atoms with van der Waals surface area (Å²) in [6.07, 6.45) is 1.51. The van der Waals surface area contributed by atoms with E-state index in [4.69, 9.17) is 10.00 Å². The third kappa shape index (κ3) is 3.55. The predicted molar refractivity (Wildman–Crippen MR) is 72.1 cm³/mol. The SMILES string of the molecule is N#C/C(=C\c1ccccc1)C(=O)Oc1ccccc1. The molecule has 0 bridgehead atoms. The summed E-state index contributed by atoms with van der Waals surface area (Å²) in [5, 5.41) is 9.02. The molecule has 3 heteroatoms. The molecular formula is C16H11NO2. The highest BCUT2D eigenvalue weighted by molar-refractivity contribution is 5.99. The molecule has 0 heterocycles. The van der Waals surface area contributed by atoms with Crippen molar-refractivity contribution in [3.8, 4) is 11.8 Å². The normalized spacial score (nSPS) is 10.6. The van der Waals surface area contributed by atoms with Crippen LogP contribution in [0.15, 0.2) is 66.2 Å². The van der Waals surface area contributed by atoms with Crippen LogP contribution < -0.4 is 4.74 Å². The van der Waals surface area contributed by atoms with Crippen molar-refractivity contribution in [3.05, 3.63) is 71.8 Å². The highest BCUT2D eigenvalue weighted by Gasteiger charge is 2.11. The Labute approximate surface area is 111 Å². The lowest BCUT2D eigenvalue weighted by molar-refractivity contribution is -0.129. The molecule has 3 nitrogen and oxygen atoms in total. The van der Waals surface area contributed by atoms with Crippen LogP contribution in [0.2, 0.25) is 0 Å². The van der Waals surface area contributed by atoms with Gasteiger partial charge in [0.2, 0.25) is 0 Å². The van der Waals surface area contributed by atoms with E-state index < -0.39 is 5.97 Å². The van der Waals surface area contributed by atoms with Gasteiger partial charge >= 0.3 is 5.97 Å². The third-order valence-corrected chi connectivity index (χ3v) is 2.40. The van der Waals surface area contributed by atoms with Gasteiger partial charge in [-0.3, -0.25) is 0 Å². The molecule has 0 saturated carbocycles. The van der Waals surface area contributed by atoms with Crippen molar-refractivity contribution in [2.24, 2.45) is 0 Å². The minimum atomic E-state index is -0.655. The van der Waals surface area contributed by atoms with Gasteiger partial charge in [-0.05, 0) is 23.8 Å². The zero-order valence-corrected chi connectivity index (χ0v) is 10.1. The van der Waals surface area contributed by atoms with Crippen molar-refractivity contribution in [1.29, 1.82) is 5.26 Å². The van der Waals surface area contributed by atoms with Crippen LogP contribution in [0, 0.1) is 11.3 Å². The standard InChI is InChI=1S/C16H11NO2/c17-12-14(11-13-7-3-1-4-8-13)16(18)19-15-9-5-2-6-10-15/h1-11H/b14-11+. The first-order valence-corrected chi connectivity index (χ1v) is 5.73. The summed E-state index contributed by atoms with van der Waals surface area (Å²) in [6.45, 7) is 0. The minimum Gasteiger partial charge on any atom is -0.422 e. The Morgan fingerprint density at radius 3 is 2.16 bits per heavy atom. The Morgan fingerprint density at radius 1 is 1.00 bits per heavy atom. The molecule has 0 unspecified atom stereocenters. The molecule has 0 spiro atoms. The maximum absolute atomic E-state index is 11.8. The number of carbonyl (C=O) groups is 1. The fourth-order valence-corrected chi connectivity index (χ4v) is 1.50. The van der Waals surface area contributed by atoms with Crippen LogP contribution in [0.3, 0.4) is 0 Å². The minimum absolute atomic E-state index is 0.0324. The van der Waals surface area contributed by atoms with Gasteiger partial charge in [-0.25, -0.2) is 4.79 Å². The molecule has 0 aromatic heterocycles. The van der Waals surface area contributed by atoms with E-state index in [1.54, 1.807) is 24.3 Å². The Kier molecular flexibility index (Phi) is 4.09. The predicted octanol–water partition coefficient (Wildman–Crippen LogP) is 3.20. The topological polar surface area (TPSA) is 50.1 Å². The summed E-state index contributed by atoms with van der Waals surface area (Å²) in [4.78, 5) is 11.8. The van der Waals surface area contributed by atoms with E-state index in [0.717, 1.165) is 5.56 Å². The van der Waals surface area contributed by atoms with Gasteiger partial charge in [0.25, 0.3) is 0 Å². The lowest BCUT2D eigenvalue weighted by Crippen LogP contribution is -2.09. The molecule has 2 rings (SSSR count). The molecule has 0 atom stereocenters. The van der Waals surface area contributed by atoms with E-state index in [2.05, 4.69) is 0 Å². The lowest BCUT2D eigenvalue weighted by Gasteiger charge is -2.02. The van der Waals surface area contributed by atoms with Gasteiger partial charge in [-0.2, -0.15) is 5.26 Å². The fraction of sp³-hybridized carbons (Fsp3) is 0. The smallest absolute Gasteiger partial charge is 0.354 e. The number of ether oxygens (including phenoxy) is 1. The summed E-state index contributed by atoms with van der Waals surface area (Å²) in [5.74, 6) is -0.237. The van der Waals surface area contributed by atoms with Gasteiger partial charge in [-0.15, -0.1) is 0 Å². The van der Waals surface area contributed by atoms with E-state index in [0.29, 0.717) is 5.75 Å². The van der Waals surface area contributed by atoms with Gasteiger partial charge in [0.1, 0.15) is 17.4 Å². The average molecular weight is 249 g/mol. The lowest BCUT2D eigenvalue weighted by atomic mass is 10.1. The molecule has 0 fully saturated rings. The number of rotatable bonds is 3. The van der Waals surface area contributed by atoms with Crippen LogP contribution in [-0.2, 0) is 4.79 Å². The second kappa shape index (κ2) is 6.18. The number of hydrogen-bond acceptors (Lipinski definition) is 3. The Hall–Kier alpha value is -2.86. The van der Waals surface area contributed by atoms with Crippen LogP contribution in [0.4, 0.5) is 0 Å². The number of carbonyl (C=O) groups excluding carboxylic acids is 1. The molecule has 0 aliphatic carbocycles. The van der Waals surface area contributed by atoms with Gasteiger partial charge < -0.3 is 4.74 Å². The highest BCUT2D eigenvalue weighted by atomic mass is 16.5. The van der Waals surface area contributed by atoms with Crippen molar-refractivity contribution >= 4 is 12.0 Å². The molecule has 0 radical (unpaired) electrons. The van der Waals surface area contributed by atoms with E-state index in [-0.39, 0.29) is 5.57 Å². The highest BCUT2D eigenvalue weighted by Crippen LogP contribution is 2.12. The van der Waals surface area contributed by atoms with E-state index >= 15 is 0 Å². The summed E-state index contributed by atoms with van der Waals surface area (Å²) in [7, 11) is 0. The number of nitriles is 1. The number of nitrogens with zero attached hydrogens (tertiary/aromatic N) is 1. The maximum Gasteiger partial charge on any atom is 0.354 e. The molecule has 0 saturated heterocycles. The summed E-state index contributed by atoms with van der Waals surface area (Å²) >= 11 is 0. The Balaban J connectivity index is 2.17. The largest absolute Gasteiger partial charge is 0.422 e. The molecule has 92 valence electrons. The van der Waals surface area contributed by atoms with Crippen LogP contribution in [0.25, 0.3) is 6.08 Å². The van der Waals surface area contributed by atoms with Crippen LogP contribution in [0.1, 0.15) is 5.56 Å². The van der Waals surface area contributed by atoms with Gasteiger partial charge in [-0.1, -0.05) is 48.5 Å². The molecule has 0 aliphatic rings. The summed E-state index contributed by atoms with van der Waals surface area (Å²) < 4.78 is 5.11. The molecule has 0 aliphatic heterocycles. The van der Waals surface area contributed by atoms with Crippen molar-refractivity contribution in [2.75, 3.05) is 0 Å². The van der Waals surface area contributed by atoms with Gasteiger partial charge in [0.05, 0.1) is 0 Å². The first-order chi connectivity index (χ1) is 9.29. The maximum atomic E-state index is 11.8. The van der Waals surface area contributed by atoms with Gasteiger partial charge in [0, 0.05) is 0 Å². The molecular weight excluding hydrogens is 238 g/mol. The monoisotopic (exact) mass is 249 g/mol. The van der Waals surface area contributed by atoms with Crippen LogP contribution in [0.5, 0.6) is 5.75 Å². The zero-order valence-electron chi connectivity index (χ0n) is 10.1. The Morgan fingerprint density at radius 2 is 1.58 bits per heavy atom. The van der Waals surface area contributed by atoms with E-state index in [9.17, 15) is 4.79 Å². The second-order valence-corrected chi connectivity index (χ2v) is 3.78. The number of benzene rings is 2. The number of hydrogen-bond donors (Lipinski definition) is 0. The van der Waals surface area contributed by atoms with Crippen LogP contribution in [-0.4, -0.2) is 5.97 Å². The zero-order chi connectivity index (χ0) is 13.5. The average Bonchev–Trinajstić information content (AvgIpc) is 2.47. The third-order valence-electron chi connectivity index (χ3n) is 2.40. The van der Waals surface area contributed by atoms with Crippen molar-refractivity contribution < 1.29 is 9.53 Å². The van der Waals surface area contributed by atoms with E-state index in [1.807, 2.05) is 42.5 Å². The van der Waals surface area contributed by atoms with Crippen molar-refractivity contribution in [2.45, 2.75) is 0 Å². The Bertz CT molecular complexity index is 625. The van der Waals surface area contributed by atoms with Crippen molar-refractivity contribution in [1.82, 2.24) is 0 Å². The number of para-hydroxylation sites is 1. The molecule has 0 N–H and O–H groups in total. The van der Waals surface area contributed by atoms with Crippen molar-refractivity contribution in [3.63, 3.8) is 0 Å². The second-order valence-electron chi connectivity index (χ2n) is 3.78. The van der Waals surface area contributed by atoms with Gasteiger partial charge in [0.15, 0.2) is 0 Å². The first-order valence-electron chi connectivity index (χ1n) is 5.73. The first kappa shape index (κ1) is 12.6.